The fraction of sp³-hybridized carbons (Fsp3) is 0.231. The minimum absolute atomic E-state index is 0.304. The molecule has 4 nitrogen and oxygen atoms in total. The molecule has 0 aliphatic carbocycles. The summed E-state index contributed by atoms with van der Waals surface area (Å²) in [5, 5.41) is 4.33. The van der Waals surface area contributed by atoms with Gasteiger partial charge in [0, 0.05) is 7.05 Å². The summed E-state index contributed by atoms with van der Waals surface area (Å²) in [6.07, 6.45) is 0. The van der Waals surface area contributed by atoms with E-state index in [0.717, 1.165) is 22.4 Å². The maximum Gasteiger partial charge on any atom is 0.184 e. The van der Waals surface area contributed by atoms with Gasteiger partial charge in [-0.3, -0.25) is 4.57 Å². The SMILES string of the molecule is Cc1ccc(F)c(-n2c(=S)[nH]c3c(C)nn(C)c32)c1. The van der Waals surface area contributed by atoms with Gasteiger partial charge in [0.05, 0.1) is 11.4 Å². The van der Waals surface area contributed by atoms with E-state index in [1.54, 1.807) is 21.4 Å². The van der Waals surface area contributed by atoms with Crippen LogP contribution in [0.15, 0.2) is 18.2 Å². The van der Waals surface area contributed by atoms with Gasteiger partial charge in [0.15, 0.2) is 10.4 Å². The molecule has 3 rings (SSSR count). The molecule has 0 radical (unpaired) electrons. The summed E-state index contributed by atoms with van der Waals surface area (Å²) in [7, 11) is 1.82. The number of aromatic amines is 1. The molecule has 1 N–H and O–H groups in total. The van der Waals surface area contributed by atoms with E-state index in [2.05, 4.69) is 10.1 Å². The van der Waals surface area contributed by atoms with Crippen molar-refractivity contribution in [1.29, 1.82) is 0 Å². The first-order valence-corrected chi connectivity index (χ1v) is 6.30. The van der Waals surface area contributed by atoms with E-state index < -0.39 is 0 Å². The third kappa shape index (κ3) is 1.71. The third-order valence-electron chi connectivity index (χ3n) is 3.18. The van der Waals surface area contributed by atoms with E-state index >= 15 is 0 Å². The van der Waals surface area contributed by atoms with Crippen molar-refractivity contribution in [1.82, 2.24) is 19.3 Å². The van der Waals surface area contributed by atoms with E-state index in [9.17, 15) is 4.39 Å². The summed E-state index contributed by atoms with van der Waals surface area (Å²) in [5.41, 5.74) is 3.88. The summed E-state index contributed by atoms with van der Waals surface area (Å²) < 4.78 is 17.9. The van der Waals surface area contributed by atoms with Crippen molar-refractivity contribution in [2.75, 3.05) is 0 Å². The first kappa shape index (κ1) is 12.1. The van der Waals surface area contributed by atoms with Gasteiger partial charge in [-0.15, -0.1) is 0 Å². The second kappa shape index (κ2) is 4.03. The Labute approximate surface area is 114 Å². The zero-order valence-electron chi connectivity index (χ0n) is 10.9. The molecule has 2 heterocycles. The van der Waals surface area contributed by atoms with Crippen molar-refractivity contribution in [3.05, 3.63) is 40.0 Å². The number of nitrogens with zero attached hydrogens (tertiary/aromatic N) is 3. The maximum absolute atomic E-state index is 14.1. The lowest BCUT2D eigenvalue weighted by atomic mass is 10.2. The Morgan fingerprint density at radius 3 is 2.79 bits per heavy atom. The summed E-state index contributed by atoms with van der Waals surface area (Å²) in [5.74, 6) is -0.304. The molecule has 98 valence electrons. The van der Waals surface area contributed by atoms with Crippen LogP contribution >= 0.6 is 12.2 Å². The van der Waals surface area contributed by atoms with Crippen molar-refractivity contribution in [3.8, 4) is 5.69 Å². The number of hydrogen-bond donors (Lipinski definition) is 1. The normalized spacial score (nSPS) is 11.4. The molecule has 0 saturated carbocycles. The van der Waals surface area contributed by atoms with Crippen molar-refractivity contribution >= 4 is 23.4 Å². The zero-order valence-corrected chi connectivity index (χ0v) is 11.7. The monoisotopic (exact) mass is 276 g/mol. The lowest BCUT2D eigenvalue weighted by Crippen LogP contribution is -2.03. The molecule has 0 spiro atoms. The second-order valence-corrected chi connectivity index (χ2v) is 5.01. The molecule has 0 saturated heterocycles. The number of rotatable bonds is 1. The molecule has 3 aromatic rings. The predicted octanol–water partition coefficient (Wildman–Crippen LogP) is 3.18. The quantitative estimate of drug-likeness (QED) is 0.693. The number of H-pyrrole nitrogens is 1. The molecule has 1 aromatic carbocycles. The van der Waals surface area contributed by atoms with Gasteiger partial charge in [-0.2, -0.15) is 5.10 Å². The highest BCUT2D eigenvalue weighted by molar-refractivity contribution is 7.71. The van der Waals surface area contributed by atoms with Crippen LogP contribution in [0.25, 0.3) is 16.9 Å². The van der Waals surface area contributed by atoms with Gasteiger partial charge >= 0.3 is 0 Å². The molecule has 0 aliphatic heterocycles. The number of benzene rings is 1. The number of nitrogens with one attached hydrogen (secondary N) is 1. The molecule has 0 fully saturated rings. The minimum Gasteiger partial charge on any atom is -0.327 e. The van der Waals surface area contributed by atoms with Crippen molar-refractivity contribution in [2.24, 2.45) is 7.05 Å². The number of aryl methyl sites for hydroxylation is 3. The first-order valence-electron chi connectivity index (χ1n) is 5.90. The van der Waals surface area contributed by atoms with Crippen LogP contribution in [-0.2, 0) is 7.05 Å². The minimum atomic E-state index is -0.304. The van der Waals surface area contributed by atoms with Gasteiger partial charge in [0.2, 0.25) is 0 Å². The smallest absolute Gasteiger partial charge is 0.184 e. The molecule has 2 aromatic heterocycles. The highest BCUT2D eigenvalue weighted by atomic mass is 32.1. The Hall–Kier alpha value is -1.95. The highest BCUT2D eigenvalue weighted by Crippen LogP contribution is 2.23. The van der Waals surface area contributed by atoms with Gasteiger partial charge in [0.1, 0.15) is 11.3 Å². The van der Waals surface area contributed by atoms with Crippen LogP contribution in [0.5, 0.6) is 0 Å². The fourth-order valence-electron chi connectivity index (χ4n) is 2.33. The lowest BCUT2D eigenvalue weighted by Gasteiger charge is -2.07. The highest BCUT2D eigenvalue weighted by Gasteiger charge is 2.16. The number of hydrogen-bond acceptors (Lipinski definition) is 2. The van der Waals surface area contributed by atoms with Gasteiger partial charge in [-0.05, 0) is 43.8 Å². The molecule has 6 heteroatoms. The molecular formula is C13H13FN4S. The third-order valence-corrected chi connectivity index (χ3v) is 3.47. The number of fused-ring (bicyclic) bond motifs is 1. The van der Waals surface area contributed by atoms with Crippen LogP contribution in [0.3, 0.4) is 0 Å². The summed E-state index contributed by atoms with van der Waals surface area (Å²) >= 11 is 5.31. The van der Waals surface area contributed by atoms with Crippen molar-refractivity contribution in [3.63, 3.8) is 0 Å². The lowest BCUT2D eigenvalue weighted by molar-refractivity contribution is 0.616. The Bertz CT molecular complexity index is 840. The van der Waals surface area contributed by atoms with Crippen LogP contribution < -0.4 is 0 Å². The maximum atomic E-state index is 14.1. The molecule has 0 aliphatic rings. The average Bonchev–Trinajstić information content (AvgIpc) is 2.81. The zero-order chi connectivity index (χ0) is 13.7. The molecule has 19 heavy (non-hydrogen) atoms. The average molecular weight is 276 g/mol. The van der Waals surface area contributed by atoms with E-state index in [-0.39, 0.29) is 5.82 Å². The second-order valence-electron chi connectivity index (χ2n) is 4.63. The van der Waals surface area contributed by atoms with E-state index in [4.69, 9.17) is 12.2 Å². The molecule has 0 unspecified atom stereocenters. The first-order chi connectivity index (χ1) is 8.99. The van der Waals surface area contributed by atoms with Crippen LogP contribution in [0.2, 0.25) is 0 Å². The van der Waals surface area contributed by atoms with Crippen molar-refractivity contribution < 1.29 is 4.39 Å². The fourth-order valence-corrected chi connectivity index (χ4v) is 2.61. The summed E-state index contributed by atoms with van der Waals surface area (Å²) in [6.45, 7) is 3.81. The van der Waals surface area contributed by atoms with Crippen LogP contribution in [-0.4, -0.2) is 19.3 Å². The van der Waals surface area contributed by atoms with E-state index in [1.165, 1.54) is 6.07 Å². The number of halogens is 1. The Morgan fingerprint density at radius 1 is 1.32 bits per heavy atom. The summed E-state index contributed by atoms with van der Waals surface area (Å²) in [4.78, 5) is 3.09. The summed E-state index contributed by atoms with van der Waals surface area (Å²) in [6, 6.07) is 4.97. The Morgan fingerprint density at radius 2 is 2.05 bits per heavy atom. The van der Waals surface area contributed by atoms with Gasteiger partial charge in [-0.1, -0.05) is 6.07 Å². The Balaban J connectivity index is 2.45. The van der Waals surface area contributed by atoms with Gasteiger partial charge < -0.3 is 4.98 Å². The molecular weight excluding hydrogens is 263 g/mol. The Kier molecular flexibility index (Phi) is 2.56. The number of aromatic nitrogens is 4. The number of imidazole rings is 1. The van der Waals surface area contributed by atoms with Crippen LogP contribution in [0, 0.1) is 24.4 Å². The van der Waals surface area contributed by atoms with E-state index in [0.29, 0.717) is 10.5 Å². The molecule has 0 bridgehead atoms. The molecule has 0 atom stereocenters. The molecule has 0 amide bonds. The standard InChI is InChI=1S/C13H13FN4S/c1-7-4-5-9(14)10(6-7)18-12-11(15-13(18)19)8(2)16-17(12)3/h4-6H,1-3H3,(H,15,19). The predicted molar refractivity (Wildman–Crippen MR) is 74.7 cm³/mol. The van der Waals surface area contributed by atoms with Gasteiger partial charge in [0.25, 0.3) is 0 Å². The van der Waals surface area contributed by atoms with Gasteiger partial charge in [-0.25, -0.2) is 9.07 Å². The largest absolute Gasteiger partial charge is 0.327 e. The van der Waals surface area contributed by atoms with E-state index in [1.807, 2.05) is 20.9 Å². The van der Waals surface area contributed by atoms with Crippen molar-refractivity contribution in [2.45, 2.75) is 13.8 Å². The topological polar surface area (TPSA) is 38.5 Å². The van der Waals surface area contributed by atoms with Crippen LogP contribution in [0.1, 0.15) is 11.3 Å². The van der Waals surface area contributed by atoms with Crippen LogP contribution in [0.4, 0.5) is 4.39 Å².